The van der Waals surface area contributed by atoms with Crippen molar-refractivity contribution in [2.24, 2.45) is 47.3 Å². The van der Waals surface area contributed by atoms with Crippen molar-refractivity contribution in [1.82, 2.24) is 42.5 Å². The van der Waals surface area contributed by atoms with Gasteiger partial charge in [-0.15, -0.1) is 0 Å². The molecule has 9 N–H and O–H groups in total. The molecule has 0 spiro atoms. The zero-order chi connectivity index (χ0) is 36.2. The van der Waals surface area contributed by atoms with Crippen LogP contribution in [0.15, 0.2) is 33.7 Å². The third-order valence-corrected chi connectivity index (χ3v) is 17.2. The Kier molecular flexibility index (Phi) is 12.2. The van der Waals surface area contributed by atoms with E-state index in [1.165, 1.54) is 125 Å². The van der Waals surface area contributed by atoms with E-state index in [4.69, 9.17) is 5.11 Å². The number of hydrogen-bond acceptors (Lipinski definition) is 11. The van der Waals surface area contributed by atoms with E-state index < -0.39 is 11.9 Å². The van der Waals surface area contributed by atoms with Crippen LogP contribution in [0.1, 0.15) is 120 Å². The standard InChI is InChI=1S/C32H56N8.C10H8O2S2.H4Si/c1-2-10-18-17(9-1)25-33-26(18)38-28-21-13-5-6-14-22(21)30(35-28)40-32-24-16-8-7-15-23(24)31(36-32)39-29-20-12-4-3-11-19(20)27(34-29)37-25;11-10(12)9(7-1-3-13-5-7)8-2-4-14-6-8;/h17-40H,1-16H2;1-6,9H,(H,11,12);1H4. The van der Waals surface area contributed by atoms with Crippen LogP contribution in [0.4, 0.5) is 0 Å². The first-order chi connectivity index (χ1) is 26.6. The molecule has 5 saturated heterocycles. The molecule has 4 saturated carbocycles. The van der Waals surface area contributed by atoms with Gasteiger partial charge in [-0.25, -0.2) is 0 Å². The number of aliphatic carboxylic acids is 1. The molecule has 7 heterocycles. The average molecular weight is 809 g/mol. The summed E-state index contributed by atoms with van der Waals surface area (Å²) >= 11 is 3.05. The van der Waals surface area contributed by atoms with Crippen molar-refractivity contribution in [2.75, 3.05) is 0 Å². The van der Waals surface area contributed by atoms with Gasteiger partial charge in [0.2, 0.25) is 0 Å². The number of nitrogens with one attached hydrogen (secondary N) is 8. The monoisotopic (exact) mass is 808 g/mol. The highest BCUT2D eigenvalue weighted by molar-refractivity contribution is 7.08. The van der Waals surface area contributed by atoms with E-state index in [0.29, 0.717) is 49.3 Å². The van der Waals surface area contributed by atoms with E-state index in [9.17, 15) is 4.79 Å². The van der Waals surface area contributed by atoms with Crippen LogP contribution >= 0.6 is 22.7 Å². The second-order valence-electron chi connectivity index (χ2n) is 18.5. The molecule has 304 valence electrons. The Hall–Kier alpha value is -1.23. The van der Waals surface area contributed by atoms with E-state index in [-0.39, 0.29) is 11.0 Å². The summed E-state index contributed by atoms with van der Waals surface area (Å²) in [4.78, 5) is 11.1. The number of carboxylic acid groups (broad SMARTS) is 1. The summed E-state index contributed by atoms with van der Waals surface area (Å²) in [6.07, 6.45) is 25.6. The Balaban J connectivity index is 0.000000225. The molecule has 10 nitrogen and oxygen atoms in total. The van der Waals surface area contributed by atoms with Crippen LogP contribution in [0.5, 0.6) is 0 Å². The molecule has 11 rings (SSSR count). The molecule has 2 aromatic rings. The third-order valence-electron chi connectivity index (χ3n) is 15.8. The normalized spacial score (nSPS) is 44.6. The summed E-state index contributed by atoms with van der Waals surface area (Å²) in [5, 5.41) is 50.5. The Morgan fingerprint density at radius 3 is 0.836 bits per heavy atom. The molecular weight excluding hydrogens is 741 g/mol. The van der Waals surface area contributed by atoms with Crippen LogP contribution in [-0.2, 0) is 4.79 Å². The lowest BCUT2D eigenvalue weighted by Crippen LogP contribution is -2.61. The van der Waals surface area contributed by atoms with E-state index in [1.807, 2.05) is 33.7 Å². The van der Waals surface area contributed by atoms with Crippen LogP contribution < -0.4 is 42.5 Å². The van der Waals surface area contributed by atoms with Gasteiger partial charge in [-0.1, -0.05) is 51.4 Å². The molecule has 8 bridgehead atoms. The lowest BCUT2D eigenvalue weighted by Gasteiger charge is -2.35. The molecule has 5 aliphatic heterocycles. The van der Waals surface area contributed by atoms with Crippen LogP contribution in [0, 0.1) is 47.3 Å². The predicted octanol–water partition coefficient (Wildman–Crippen LogP) is 4.18. The fourth-order valence-electron chi connectivity index (χ4n) is 13.3. The summed E-state index contributed by atoms with van der Waals surface area (Å²) in [5.74, 6) is 4.67. The number of rotatable bonds is 3. The predicted molar refractivity (Wildman–Crippen MR) is 227 cm³/mol. The van der Waals surface area contributed by atoms with E-state index in [2.05, 4.69) is 42.5 Å². The second kappa shape index (κ2) is 17.2. The molecule has 13 heteroatoms. The topological polar surface area (TPSA) is 134 Å². The fraction of sp³-hybridized carbons (Fsp3) is 0.786. The minimum absolute atomic E-state index is 0. The largest absolute Gasteiger partial charge is 0.481 e. The summed E-state index contributed by atoms with van der Waals surface area (Å²) in [7, 11) is 0. The molecular formula is C42H68N8O2S2Si. The van der Waals surface area contributed by atoms with Crippen molar-refractivity contribution in [3.8, 4) is 0 Å². The number of carbonyl (C=O) groups is 1. The number of hydrogen-bond donors (Lipinski definition) is 9. The van der Waals surface area contributed by atoms with Crippen molar-refractivity contribution >= 4 is 39.6 Å². The Morgan fingerprint density at radius 2 is 0.673 bits per heavy atom. The molecule has 9 fully saturated rings. The molecule has 8 atom stereocenters. The van der Waals surface area contributed by atoms with Gasteiger partial charge in [0.15, 0.2) is 0 Å². The quantitative estimate of drug-likeness (QED) is 0.208. The van der Waals surface area contributed by atoms with Crippen molar-refractivity contribution in [3.63, 3.8) is 0 Å². The van der Waals surface area contributed by atoms with E-state index in [0.717, 1.165) is 58.5 Å². The van der Waals surface area contributed by atoms with Gasteiger partial charge >= 0.3 is 5.97 Å². The summed E-state index contributed by atoms with van der Waals surface area (Å²) in [6.45, 7) is 0. The van der Waals surface area contributed by atoms with Crippen LogP contribution in [0.3, 0.4) is 0 Å². The van der Waals surface area contributed by atoms with Crippen LogP contribution in [0.25, 0.3) is 0 Å². The highest BCUT2D eigenvalue weighted by Crippen LogP contribution is 2.45. The maximum Gasteiger partial charge on any atom is 0.315 e. The summed E-state index contributed by atoms with van der Waals surface area (Å²) < 4.78 is 0. The van der Waals surface area contributed by atoms with Gasteiger partial charge in [0.05, 0.1) is 49.3 Å². The van der Waals surface area contributed by atoms with E-state index in [1.54, 1.807) is 0 Å². The molecule has 4 aliphatic carbocycles. The molecule has 55 heavy (non-hydrogen) atoms. The van der Waals surface area contributed by atoms with Gasteiger partial charge in [-0.2, -0.15) is 22.7 Å². The molecule has 8 unspecified atom stereocenters. The van der Waals surface area contributed by atoms with Crippen LogP contribution in [0.2, 0.25) is 0 Å². The summed E-state index contributed by atoms with van der Waals surface area (Å²) in [6, 6.07) is 3.72. The van der Waals surface area contributed by atoms with Crippen molar-refractivity contribution < 1.29 is 9.90 Å². The zero-order valence-corrected chi connectivity index (χ0v) is 33.4. The highest BCUT2D eigenvalue weighted by Gasteiger charge is 2.54. The first-order valence-electron chi connectivity index (χ1n) is 21.9. The maximum atomic E-state index is 11.1. The number of carboxylic acids is 1. The minimum Gasteiger partial charge on any atom is -0.481 e. The number of thiophene rings is 2. The first-order valence-corrected chi connectivity index (χ1v) is 23.8. The lowest BCUT2D eigenvalue weighted by atomic mass is 9.76. The van der Waals surface area contributed by atoms with Gasteiger partial charge < -0.3 is 5.11 Å². The smallest absolute Gasteiger partial charge is 0.315 e. The van der Waals surface area contributed by atoms with Gasteiger partial charge in [0, 0.05) is 0 Å². The minimum atomic E-state index is -0.790. The average Bonchev–Trinajstić information content (AvgIpc) is 4.07. The second-order valence-corrected chi connectivity index (χ2v) is 20.0. The molecule has 0 radical (unpaired) electrons. The molecule has 2 aromatic heterocycles. The van der Waals surface area contributed by atoms with E-state index >= 15 is 0 Å². The Morgan fingerprint density at radius 1 is 0.455 bits per heavy atom. The maximum absolute atomic E-state index is 11.1. The molecule has 0 amide bonds. The SMILES string of the molecule is C1CCC2C3NC(NC4NC(NC5NC(NC6NC(N3)C3CCCCC63)C3CCCCC53)C3CCCCC43)C2C1.O=C(O)C(c1ccsc1)c1ccsc1.[SiH4]. The zero-order valence-electron chi connectivity index (χ0n) is 31.8. The van der Waals surface area contributed by atoms with Crippen LogP contribution in [-0.4, -0.2) is 71.4 Å². The molecule has 0 aromatic carbocycles. The van der Waals surface area contributed by atoms with Crippen molar-refractivity contribution in [1.29, 1.82) is 0 Å². The van der Waals surface area contributed by atoms with Gasteiger partial charge in [0.1, 0.15) is 5.92 Å². The third kappa shape index (κ3) is 7.72. The lowest BCUT2D eigenvalue weighted by molar-refractivity contribution is -0.137. The van der Waals surface area contributed by atoms with Gasteiger partial charge in [0.25, 0.3) is 0 Å². The van der Waals surface area contributed by atoms with Crippen molar-refractivity contribution in [2.45, 2.75) is 158 Å². The highest BCUT2D eigenvalue weighted by atomic mass is 32.1. The van der Waals surface area contributed by atoms with Crippen molar-refractivity contribution in [3.05, 3.63) is 44.8 Å². The Bertz CT molecular complexity index is 1310. The Labute approximate surface area is 340 Å². The summed E-state index contributed by atoms with van der Waals surface area (Å²) in [5.41, 5.74) is 1.72. The first kappa shape index (κ1) is 39.2. The number of fused-ring (bicyclic) bond motifs is 20. The van der Waals surface area contributed by atoms with Gasteiger partial charge in [-0.3, -0.25) is 47.3 Å². The fourth-order valence-corrected chi connectivity index (χ4v) is 14.7. The molecule has 9 aliphatic rings. The van der Waals surface area contributed by atoms with Gasteiger partial charge in [-0.05, 0) is 154 Å².